The maximum atomic E-state index is 14.2. The number of nitro groups is 1. The van der Waals surface area contributed by atoms with Gasteiger partial charge in [-0.2, -0.15) is 18.4 Å². The van der Waals surface area contributed by atoms with Gasteiger partial charge in [0.2, 0.25) is 0 Å². The smallest absolute Gasteiger partial charge is 0.391 e. The molecule has 0 amide bonds. The summed E-state index contributed by atoms with van der Waals surface area (Å²) in [5.74, 6) is 0.334. The number of aromatic nitrogens is 2. The molecule has 1 atom stereocenters. The fraction of sp³-hybridized carbons (Fsp3) is 0.148. The number of halogens is 3. The Bertz CT molecular complexity index is 1560. The Balaban J connectivity index is 1.96. The third-order valence-electron chi connectivity index (χ3n) is 6.36. The first-order valence-corrected chi connectivity index (χ1v) is 11.9. The lowest BCUT2D eigenvalue weighted by Gasteiger charge is -2.43. The van der Waals surface area contributed by atoms with Gasteiger partial charge in [-0.05, 0) is 48.4 Å². The van der Waals surface area contributed by atoms with Crippen LogP contribution in [-0.4, -0.2) is 19.5 Å². The fourth-order valence-electron chi connectivity index (χ4n) is 4.36. The van der Waals surface area contributed by atoms with Crippen LogP contribution in [0, 0.1) is 21.4 Å². The van der Waals surface area contributed by atoms with Crippen LogP contribution in [0.2, 0.25) is 0 Å². The van der Waals surface area contributed by atoms with E-state index in [0.29, 0.717) is 17.1 Å². The number of alkyl halides is 3. The average molecular weight is 551 g/mol. The second kappa shape index (κ2) is 10.5. The molecule has 2 N–H and O–H groups in total. The molecular formula is C27H21F3N6O2S. The van der Waals surface area contributed by atoms with E-state index in [2.05, 4.69) is 4.98 Å². The summed E-state index contributed by atoms with van der Waals surface area (Å²) in [6.07, 6.45) is -1.76. The van der Waals surface area contributed by atoms with Crippen molar-refractivity contribution < 1.29 is 18.1 Å². The van der Waals surface area contributed by atoms with E-state index in [9.17, 15) is 23.3 Å². The van der Waals surface area contributed by atoms with E-state index in [0.717, 1.165) is 11.6 Å². The lowest BCUT2D eigenvalue weighted by atomic mass is 9.85. The molecule has 4 rings (SSSR count). The van der Waals surface area contributed by atoms with Gasteiger partial charge in [-0.1, -0.05) is 42.5 Å². The van der Waals surface area contributed by atoms with Crippen molar-refractivity contribution in [2.45, 2.75) is 25.2 Å². The summed E-state index contributed by atoms with van der Waals surface area (Å²) in [6, 6.07) is 19.2. The third-order valence-corrected chi connectivity index (χ3v) is 6.76. The van der Waals surface area contributed by atoms with Crippen LogP contribution in [0.25, 0.3) is 0 Å². The van der Waals surface area contributed by atoms with Crippen molar-refractivity contribution in [1.29, 1.82) is 5.26 Å². The standard InChI is InChI=1S/C27H21F3N6O2S/c1-26(25(32)39,22-4-2-3-5-23(22)27(28,29)30)35(20-10-12-21(13-11-20)36(37)38)24-15-33-17-34(24)16-19-8-6-18(14-31)7-9-19/h2-13,15,17H,16H2,1H3,(H2,32,39). The Kier molecular flexibility index (Phi) is 7.38. The predicted octanol–water partition coefficient (Wildman–Crippen LogP) is 6.07. The molecule has 0 radical (unpaired) electrons. The Labute approximate surface area is 226 Å². The summed E-state index contributed by atoms with van der Waals surface area (Å²) in [4.78, 5) is 16.2. The molecule has 1 heterocycles. The molecule has 12 heteroatoms. The zero-order valence-electron chi connectivity index (χ0n) is 20.5. The highest BCUT2D eigenvalue weighted by Gasteiger charge is 2.46. The number of rotatable bonds is 8. The van der Waals surface area contributed by atoms with Gasteiger partial charge in [0, 0.05) is 17.8 Å². The van der Waals surface area contributed by atoms with Gasteiger partial charge in [0.1, 0.15) is 16.3 Å². The molecule has 0 bridgehead atoms. The zero-order chi connectivity index (χ0) is 28.4. The summed E-state index contributed by atoms with van der Waals surface area (Å²) < 4.78 is 44.3. The van der Waals surface area contributed by atoms with E-state index in [1.165, 1.54) is 66.8 Å². The third kappa shape index (κ3) is 5.30. The summed E-state index contributed by atoms with van der Waals surface area (Å²) in [5, 5.41) is 20.4. The van der Waals surface area contributed by atoms with E-state index in [-0.39, 0.29) is 22.8 Å². The molecular weight excluding hydrogens is 529 g/mol. The number of nitrogens with two attached hydrogens (primary N) is 1. The lowest BCUT2D eigenvalue weighted by Crippen LogP contribution is -2.51. The van der Waals surface area contributed by atoms with Crippen molar-refractivity contribution in [3.8, 4) is 6.07 Å². The molecule has 3 aromatic carbocycles. The first-order chi connectivity index (χ1) is 18.5. The molecule has 198 valence electrons. The van der Waals surface area contributed by atoms with Gasteiger partial charge in [0.15, 0.2) is 0 Å². The highest BCUT2D eigenvalue weighted by Crippen LogP contribution is 2.45. The minimum Gasteiger partial charge on any atom is -0.391 e. The van der Waals surface area contributed by atoms with Crippen LogP contribution in [0.5, 0.6) is 0 Å². The maximum Gasteiger partial charge on any atom is 0.416 e. The first-order valence-electron chi connectivity index (χ1n) is 11.5. The average Bonchev–Trinajstić information content (AvgIpc) is 3.36. The summed E-state index contributed by atoms with van der Waals surface area (Å²) in [5.41, 5.74) is 4.72. The Morgan fingerprint density at radius 2 is 1.72 bits per heavy atom. The van der Waals surface area contributed by atoms with Crippen molar-refractivity contribution in [3.63, 3.8) is 0 Å². The Morgan fingerprint density at radius 3 is 2.26 bits per heavy atom. The van der Waals surface area contributed by atoms with Gasteiger partial charge in [-0.3, -0.25) is 10.1 Å². The lowest BCUT2D eigenvalue weighted by molar-refractivity contribution is -0.384. The highest BCUT2D eigenvalue weighted by atomic mass is 32.1. The Morgan fingerprint density at radius 1 is 1.10 bits per heavy atom. The fourth-order valence-corrected chi connectivity index (χ4v) is 4.57. The van der Waals surface area contributed by atoms with Crippen molar-refractivity contribution >= 4 is 34.4 Å². The molecule has 4 aromatic rings. The second-order valence-corrected chi connectivity index (χ2v) is 9.22. The number of thiocarbonyl (C=S) groups is 1. The van der Waals surface area contributed by atoms with Crippen LogP contribution in [0.3, 0.4) is 0 Å². The van der Waals surface area contributed by atoms with Gasteiger partial charge >= 0.3 is 6.18 Å². The minimum atomic E-state index is -4.72. The van der Waals surface area contributed by atoms with Crippen LogP contribution < -0.4 is 10.6 Å². The molecule has 0 saturated heterocycles. The second-order valence-electron chi connectivity index (χ2n) is 8.78. The molecule has 39 heavy (non-hydrogen) atoms. The van der Waals surface area contributed by atoms with Gasteiger partial charge < -0.3 is 15.2 Å². The number of benzene rings is 3. The van der Waals surface area contributed by atoms with Crippen molar-refractivity contribution in [2.24, 2.45) is 5.73 Å². The SMILES string of the molecule is CC(C(N)=S)(c1ccccc1C(F)(F)F)N(c1ccc([N+](=O)[O-])cc1)c1cncn1Cc1ccc(C#N)cc1. The molecule has 0 aliphatic rings. The van der Waals surface area contributed by atoms with E-state index in [1.807, 2.05) is 6.07 Å². The molecule has 0 spiro atoms. The van der Waals surface area contributed by atoms with Crippen molar-refractivity contribution in [3.05, 3.63) is 118 Å². The Hall–Kier alpha value is -4.76. The quantitative estimate of drug-likeness (QED) is 0.161. The molecule has 0 fully saturated rings. The number of hydrogen-bond donors (Lipinski definition) is 1. The van der Waals surface area contributed by atoms with E-state index < -0.39 is 22.2 Å². The number of anilines is 2. The maximum absolute atomic E-state index is 14.2. The highest BCUT2D eigenvalue weighted by molar-refractivity contribution is 7.80. The minimum absolute atomic E-state index is 0.197. The number of non-ortho nitro benzene ring substituents is 1. The van der Waals surface area contributed by atoms with Gasteiger partial charge in [-0.25, -0.2) is 4.98 Å². The number of imidazole rings is 1. The summed E-state index contributed by atoms with van der Waals surface area (Å²) >= 11 is 5.41. The van der Waals surface area contributed by atoms with Crippen LogP contribution >= 0.6 is 12.2 Å². The number of nitrogens with zero attached hydrogens (tertiary/aromatic N) is 5. The summed E-state index contributed by atoms with van der Waals surface area (Å²) in [7, 11) is 0. The van der Waals surface area contributed by atoms with Gasteiger partial charge in [0.25, 0.3) is 5.69 Å². The van der Waals surface area contributed by atoms with Crippen LogP contribution in [0.15, 0.2) is 85.3 Å². The zero-order valence-corrected chi connectivity index (χ0v) is 21.3. The summed E-state index contributed by atoms with van der Waals surface area (Å²) in [6.45, 7) is 1.72. The van der Waals surface area contributed by atoms with Crippen LogP contribution in [-0.2, 0) is 18.3 Å². The first kappa shape index (κ1) is 27.3. The largest absolute Gasteiger partial charge is 0.416 e. The molecule has 8 nitrogen and oxygen atoms in total. The van der Waals surface area contributed by atoms with Crippen molar-refractivity contribution in [1.82, 2.24) is 9.55 Å². The normalized spacial score (nSPS) is 12.8. The van der Waals surface area contributed by atoms with Gasteiger partial charge in [0.05, 0.1) is 41.2 Å². The monoisotopic (exact) mass is 550 g/mol. The number of hydrogen-bond acceptors (Lipinski definition) is 6. The van der Waals surface area contributed by atoms with E-state index >= 15 is 0 Å². The van der Waals surface area contributed by atoms with Crippen molar-refractivity contribution in [2.75, 3.05) is 4.90 Å². The number of nitro benzene ring substituents is 1. The molecule has 0 aliphatic carbocycles. The number of nitriles is 1. The molecule has 0 saturated carbocycles. The molecule has 0 aliphatic heterocycles. The van der Waals surface area contributed by atoms with Gasteiger partial charge in [-0.15, -0.1) is 0 Å². The van der Waals surface area contributed by atoms with E-state index in [4.69, 9.17) is 23.2 Å². The topological polar surface area (TPSA) is 114 Å². The predicted molar refractivity (Wildman–Crippen MR) is 143 cm³/mol. The van der Waals surface area contributed by atoms with Crippen LogP contribution in [0.4, 0.5) is 30.4 Å². The van der Waals surface area contributed by atoms with Crippen LogP contribution in [0.1, 0.15) is 29.2 Å². The molecule has 1 aromatic heterocycles. The molecule has 1 unspecified atom stereocenters. The van der Waals surface area contributed by atoms with E-state index in [1.54, 1.807) is 28.8 Å².